The number of anilines is 1. The fourth-order valence-corrected chi connectivity index (χ4v) is 3.50. The standard InChI is InChI=1S/C21H21N5O5/c27-20(28)11-26-23-16-5-3-14(9-17(16)24-26)25-8-7-18(21(25)29)31-15-4-6-19(22-10-15)30-12-13-1-2-13/h3-6,9-10,13,18H,1-2,7-8,11-12H2,(H,27,28)/t18-/m1/s1. The van der Waals surface area contributed by atoms with Crippen molar-refractivity contribution in [2.75, 3.05) is 18.1 Å². The predicted molar refractivity (Wildman–Crippen MR) is 109 cm³/mol. The highest BCUT2D eigenvalue weighted by Crippen LogP contribution is 2.30. The highest BCUT2D eigenvalue weighted by atomic mass is 16.5. The molecule has 1 saturated heterocycles. The minimum absolute atomic E-state index is 0.147. The number of hydrogen-bond acceptors (Lipinski definition) is 7. The molecule has 1 aliphatic carbocycles. The maximum absolute atomic E-state index is 12.9. The van der Waals surface area contributed by atoms with Gasteiger partial charge in [-0.15, -0.1) is 0 Å². The third kappa shape index (κ3) is 4.27. The first-order valence-corrected chi connectivity index (χ1v) is 10.2. The summed E-state index contributed by atoms with van der Waals surface area (Å²) in [7, 11) is 0. The quantitative estimate of drug-likeness (QED) is 0.583. The molecule has 160 valence electrons. The van der Waals surface area contributed by atoms with Gasteiger partial charge in [-0.3, -0.25) is 9.59 Å². The van der Waals surface area contributed by atoms with E-state index >= 15 is 0 Å². The van der Waals surface area contributed by atoms with Crippen LogP contribution < -0.4 is 14.4 Å². The molecule has 0 bridgehead atoms. The van der Waals surface area contributed by atoms with Gasteiger partial charge in [0, 0.05) is 24.7 Å². The maximum atomic E-state index is 12.9. The molecular formula is C21H21N5O5. The first-order chi connectivity index (χ1) is 15.0. The number of aromatic nitrogens is 4. The van der Waals surface area contributed by atoms with Crippen LogP contribution in [0.15, 0.2) is 36.5 Å². The van der Waals surface area contributed by atoms with Crippen molar-refractivity contribution in [3.63, 3.8) is 0 Å². The Hall–Kier alpha value is -3.69. The maximum Gasteiger partial charge on any atom is 0.327 e. The van der Waals surface area contributed by atoms with Gasteiger partial charge in [-0.05, 0) is 43.0 Å². The lowest BCUT2D eigenvalue weighted by Crippen LogP contribution is -2.32. The molecule has 10 nitrogen and oxygen atoms in total. The van der Waals surface area contributed by atoms with Crippen LogP contribution in [0.1, 0.15) is 19.3 Å². The van der Waals surface area contributed by atoms with Gasteiger partial charge in [0.1, 0.15) is 16.8 Å². The smallest absolute Gasteiger partial charge is 0.327 e. The molecule has 1 N–H and O–H groups in total. The average Bonchev–Trinajstić information content (AvgIpc) is 3.40. The molecule has 1 aromatic carbocycles. The molecule has 31 heavy (non-hydrogen) atoms. The monoisotopic (exact) mass is 423 g/mol. The molecular weight excluding hydrogens is 402 g/mol. The van der Waals surface area contributed by atoms with Crippen molar-refractivity contribution in [1.82, 2.24) is 20.0 Å². The summed E-state index contributed by atoms with van der Waals surface area (Å²) in [6.07, 6.45) is 3.95. The van der Waals surface area contributed by atoms with E-state index in [1.807, 2.05) is 0 Å². The Labute approximate surface area is 177 Å². The van der Waals surface area contributed by atoms with Crippen LogP contribution in [0.3, 0.4) is 0 Å². The SMILES string of the molecule is O=C(O)Cn1nc2ccc(N3CC[C@@H](Oc4ccc(OCC5CC5)nc4)C3=O)cc2n1. The van der Waals surface area contributed by atoms with E-state index in [2.05, 4.69) is 15.2 Å². The van der Waals surface area contributed by atoms with E-state index < -0.39 is 12.1 Å². The lowest BCUT2D eigenvalue weighted by molar-refractivity contribution is -0.138. The fourth-order valence-electron chi connectivity index (χ4n) is 3.50. The van der Waals surface area contributed by atoms with Gasteiger partial charge in [0.05, 0.1) is 12.8 Å². The summed E-state index contributed by atoms with van der Waals surface area (Å²) in [6, 6.07) is 8.74. The number of carboxylic acid groups (broad SMARTS) is 1. The van der Waals surface area contributed by atoms with Crippen molar-refractivity contribution < 1.29 is 24.2 Å². The molecule has 1 atom stereocenters. The van der Waals surface area contributed by atoms with Gasteiger partial charge >= 0.3 is 5.97 Å². The van der Waals surface area contributed by atoms with Gasteiger partial charge in [-0.1, -0.05) is 0 Å². The van der Waals surface area contributed by atoms with Crippen LogP contribution in [0.2, 0.25) is 0 Å². The Morgan fingerprint density at radius 1 is 1.13 bits per heavy atom. The molecule has 5 rings (SSSR count). The lowest BCUT2D eigenvalue weighted by Gasteiger charge is -2.17. The average molecular weight is 423 g/mol. The van der Waals surface area contributed by atoms with Crippen molar-refractivity contribution in [2.45, 2.75) is 31.9 Å². The van der Waals surface area contributed by atoms with E-state index in [9.17, 15) is 9.59 Å². The third-order valence-electron chi connectivity index (χ3n) is 5.30. The molecule has 2 fully saturated rings. The molecule has 0 radical (unpaired) electrons. The van der Waals surface area contributed by atoms with Crippen molar-refractivity contribution >= 4 is 28.6 Å². The van der Waals surface area contributed by atoms with Crippen LogP contribution in [0.25, 0.3) is 11.0 Å². The van der Waals surface area contributed by atoms with Crippen molar-refractivity contribution in [3.8, 4) is 11.6 Å². The Morgan fingerprint density at radius 3 is 2.71 bits per heavy atom. The Kier molecular flexibility index (Phi) is 4.89. The fraction of sp³-hybridized carbons (Fsp3) is 0.381. The van der Waals surface area contributed by atoms with Gasteiger partial charge in [0.25, 0.3) is 5.91 Å². The molecule has 0 unspecified atom stereocenters. The first kappa shape index (κ1) is 19.3. The Bertz CT molecular complexity index is 1120. The summed E-state index contributed by atoms with van der Waals surface area (Å²) in [4.78, 5) is 30.7. The second-order valence-electron chi connectivity index (χ2n) is 7.77. The Balaban J connectivity index is 1.24. The van der Waals surface area contributed by atoms with Crippen LogP contribution in [-0.2, 0) is 16.1 Å². The lowest BCUT2D eigenvalue weighted by atomic mass is 10.2. The molecule has 2 aliphatic rings. The number of ether oxygens (including phenoxy) is 2. The van der Waals surface area contributed by atoms with E-state index in [0.717, 1.165) is 4.80 Å². The number of carbonyl (C=O) groups excluding carboxylic acids is 1. The van der Waals surface area contributed by atoms with Crippen LogP contribution >= 0.6 is 0 Å². The number of benzene rings is 1. The summed E-state index contributed by atoms with van der Waals surface area (Å²) in [5.41, 5.74) is 1.77. The number of hydrogen-bond donors (Lipinski definition) is 1. The summed E-state index contributed by atoms with van der Waals surface area (Å²) in [5.74, 6) is 0.563. The van der Waals surface area contributed by atoms with E-state index in [1.54, 1.807) is 41.4 Å². The number of nitrogens with zero attached hydrogens (tertiary/aromatic N) is 5. The van der Waals surface area contributed by atoms with Crippen LogP contribution in [0.4, 0.5) is 5.69 Å². The molecule has 1 amide bonds. The van der Waals surface area contributed by atoms with E-state index in [1.165, 1.54) is 12.8 Å². The minimum Gasteiger partial charge on any atom is -0.480 e. The summed E-state index contributed by atoms with van der Waals surface area (Å²) >= 11 is 0. The van der Waals surface area contributed by atoms with Gasteiger partial charge in [-0.2, -0.15) is 15.0 Å². The number of carbonyl (C=O) groups is 2. The highest BCUT2D eigenvalue weighted by molar-refractivity contribution is 6.00. The van der Waals surface area contributed by atoms with Crippen molar-refractivity contribution in [3.05, 3.63) is 36.5 Å². The normalized spacial score (nSPS) is 18.5. The van der Waals surface area contributed by atoms with Crippen LogP contribution in [-0.4, -0.2) is 56.2 Å². The van der Waals surface area contributed by atoms with Crippen LogP contribution in [0, 0.1) is 5.92 Å². The summed E-state index contributed by atoms with van der Waals surface area (Å²) in [6.45, 7) is 0.882. The topological polar surface area (TPSA) is 120 Å². The number of pyridine rings is 1. The largest absolute Gasteiger partial charge is 0.480 e. The molecule has 3 aromatic rings. The van der Waals surface area contributed by atoms with E-state index in [-0.39, 0.29) is 12.5 Å². The van der Waals surface area contributed by atoms with Gasteiger partial charge in [0.15, 0.2) is 12.6 Å². The van der Waals surface area contributed by atoms with Crippen molar-refractivity contribution in [1.29, 1.82) is 0 Å². The molecule has 0 spiro atoms. The van der Waals surface area contributed by atoms with Gasteiger partial charge in [-0.25, -0.2) is 4.98 Å². The number of rotatable bonds is 8. The molecule has 1 aliphatic heterocycles. The van der Waals surface area contributed by atoms with Gasteiger partial charge < -0.3 is 19.5 Å². The summed E-state index contributed by atoms with van der Waals surface area (Å²) in [5, 5.41) is 17.2. The van der Waals surface area contributed by atoms with Crippen molar-refractivity contribution in [2.24, 2.45) is 5.92 Å². The molecule has 2 aromatic heterocycles. The van der Waals surface area contributed by atoms with Crippen LogP contribution in [0.5, 0.6) is 11.6 Å². The van der Waals surface area contributed by atoms with E-state index in [0.29, 0.717) is 53.8 Å². The number of aliphatic carboxylic acids is 1. The zero-order valence-corrected chi connectivity index (χ0v) is 16.7. The molecule has 3 heterocycles. The second-order valence-corrected chi connectivity index (χ2v) is 7.77. The summed E-state index contributed by atoms with van der Waals surface area (Å²) < 4.78 is 11.5. The van der Waals surface area contributed by atoms with Gasteiger partial charge in [0.2, 0.25) is 5.88 Å². The molecule has 1 saturated carbocycles. The number of carboxylic acids is 1. The number of fused-ring (bicyclic) bond motifs is 1. The Morgan fingerprint density at radius 2 is 1.97 bits per heavy atom. The van der Waals surface area contributed by atoms with E-state index in [4.69, 9.17) is 14.6 Å². The molecule has 10 heteroatoms. The highest BCUT2D eigenvalue weighted by Gasteiger charge is 2.34. The predicted octanol–water partition coefficient (Wildman–Crippen LogP) is 1.88. The zero-order chi connectivity index (χ0) is 21.4. The third-order valence-corrected chi connectivity index (χ3v) is 5.30. The number of amides is 1. The first-order valence-electron chi connectivity index (χ1n) is 10.2. The minimum atomic E-state index is -1.02. The zero-order valence-electron chi connectivity index (χ0n) is 16.7. The second kappa shape index (κ2) is 7.86.